The van der Waals surface area contributed by atoms with Gasteiger partial charge in [-0.1, -0.05) is 11.8 Å². The number of hydrogen-bond donors (Lipinski definition) is 2. The van der Waals surface area contributed by atoms with Gasteiger partial charge in [-0.05, 0) is 36.4 Å². The number of aromatic carboxylic acids is 1. The van der Waals surface area contributed by atoms with Crippen molar-refractivity contribution in [2.45, 2.75) is 5.03 Å². The maximum Gasteiger partial charge on any atom is 0.337 e. The molecule has 0 atom stereocenters. The van der Waals surface area contributed by atoms with Gasteiger partial charge < -0.3 is 15.2 Å². The fourth-order valence-electron chi connectivity index (χ4n) is 1.60. The normalized spacial score (nSPS) is 10.0. The Balaban J connectivity index is 1.85. The van der Waals surface area contributed by atoms with Crippen LogP contribution >= 0.6 is 11.8 Å². The number of carbonyl (C=O) groups excluding carboxylic acids is 1. The number of carboxylic acid groups (broad SMARTS) is 1. The molecule has 1 amide bonds. The zero-order valence-corrected chi connectivity index (χ0v) is 12.6. The van der Waals surface area contributed by atoms with Gasteiger partial charge in [0.15, 0.2) is 0 Å². The molecule has 0 bridgehead atoms. The molecule has 7 heteroatoms. The van der Waals surface area contributed by atoms with Gasteiger partial charge in [-0.2, -0.15) is 0 Å². The Morgan fingerprint density at radius 2 is 1.95 bits per heavy atom. The van der Waals surface area contributed by atoms with Gasteiger partial charge >= 0.3 is 5.97 Å². The first kappa shape index (κ1) is 15.8. The molecule has 0 spiro atoms. The zero-order chi connectivity index (χ0) is 15.9. The van der Waals surface area contributed by atoms with Gasteiger partial charge in [0.05, 0.1) is 23.5 Å². The number of amides is 1. The van der Waals surface area contributed by atoms with Gasteiger partial charge in [-0.25, -0.2) is 9.78 Å². The summed E-state index contributed by atoms with van der Waals surface area (Å²) in [6, 6.07) is 10.1. The third kappa shape index (κ3) is 4.49. The molecule has 0 aliphatic rings. The summed E-state index contributed by atoms with van der Waals surface area (Å²) < 4.78 is 5.04. The SMILES string of the molecule is COc1ccc(NC(=O)CSc2ccc(C(=O)O)cn2)cc1. The summed E-state index contributed by atoms with van der Waals surface area (Å²) in [6.07, 6.45) is 1.27. The van der Waals surface area contributed by atoms with Crippen LogP contribution in [0.25, 0.3) is 0 Å². The molecule has 2 N–H and O–H groups in total. The second kappa shape index (κ2) is 7.46. The molecule has 0 aliphatic carbocycles. The van der Waals surface area contributed by atoms with Gasteiger partial charge in [-0.15, -0.1) is 0 Å². The van der Waals surface area contributed by atoms with E-state index in [2.05, 4.69) is 10.3 Å². The van der Waals surface area contributed by atoms with Crippen molar-refractivity contribution in [1.29, 1.82) is 0 Å². The number of thioether (sulfide) groups is 1. The second-order valence-corrected chi connectivity index (χ2v) is 5.25. The van der Waals surface area contributed by atoms with Crippen LogP contribution in [0.4, 0.5) is 5.69 Å². The minimum Gasteiger partial charge on any atom is -0.497 e. The van der Waals surface area contributed by atoms with Crippen LogP contribution in [0.2, 0.25) is 0 Å². The molecule has 0 aliphatic heterocycles. The van der Waals surface area contributed by atoms with Crippen LogP contribution < -0.4 is 10.1 Å². The number of nitrogens with zero attached hydrogens (tertiary/aromatic N) is 1. The maximum absolute atomic E-state index is 11.8. The first-order chi connectivity index (χ1) is 10.6. The van der Waals surface area contributed by atoms with E-state index in [9.17, 15) is 9.59 Å². The highest BCUT2D eigenvalue weighted by Gasteiger charge is 2.07. The van der Waals surface area contributed by atoms with Crippen LogP contribution in [0, 0.1) is 0 Å². The maximum atomic E-state index is 11.8. The molecular weight excluding hydrogens is 304 g/mol. The molecule has 2 rings (SSSR count). The average Bonchev–Trinajstić information content (AvgIpc) is 2.54. The van der Waals surface area contributed by atoms with E-state index in [0.717, 1.165) is 5.75 Å². The van der Waals surface area contributed by atoms with Crippen LogP contribution in [-0.2, 0) is 4.79 Å². The number of hydrogen-bond acceptors (Lipinski definition) is 5. The number of carboxylic acids is 1. The van der Waals surface area contributed by atoms with Crippen LogP contribution in [0.1, 0.15) is 10.4 Å². The highest BCUT2D eigenvalue weighted by Crippen LogP contribution is 2.18. The van der Waals surface area contributed by atoms with E-state index in [1.807, 2.05) is 0 Å². The van der Waals surface area contributed by atoms with E-state index in [-0.39, 0.29) is 17.2 Å². The lowest BCUT2D eigenvalue weighted by Gasteiger charge is -2.06. The van der Waals surface area contributed by atoms with Crippen molar-refractivity contribution in [2.24, 2.45) is 0 Å². The number of methoxy groups -OCH3 is 1. The quantitative estimate of drug-likeness (QED) is 0.796. The second-order valence-electron chi connectivity index (χ2n) is 4.26. The van der Waals surface area contributed by atoms with Crippen LogP contribution in [0.5, 0.6) is 5.75 Å². The van der Waals surface area contributed by atoms with E-state index < -0.39 is 5.97 Å². The summed E-state index contributed by atoms with van der Waals surface area (Å²) in [6.45, 7) is 0. The first-order valence-electron chi connectivity index (χ1n) is 6.34. The zero-order valence-electron chi connectivity index (χ0n) is 11.8. The Labute approximate surface area is 131 Å². The Morgan fingerprint density at radius 1 is 1.23 bits per heavy atom. The first-order valence-corrected chi connectivity index (χ1v) is 7.33. The summed E-state index contributed by atoms with van der Waals surface area (Å²) >= 11 is 1.24. The lowest BCUT2D eigenvalue weighted by atomic mass is 10.3. The minimum atomic E-state index is -1.03. The van der Waals surface area contributed by atoms with Crippen molar-refractivity contribution < 1.29 is 19.4 Å². The fourth-order valence-corrected chi connectivity index (χ4v) is 2.25. The number of nitrogens with one attached hydrogen (secondary N) is 1. The van der Waals surface area contributed by atoms with E-state index in [1.165, 1.54) is 24.0 Å². The molecule has 0 fully saturated rings. The number of anilines is 1. The van der Waals surface area contributed by atoms with E-state index in [0.29, 0.717) is 10.7 Å². The number of rotatable bonds is 6. The average molecular weight is 318 g/mol. The topological polar surface area (TPSA) is 88.5 Å². The minimum absolute atomic E-state index is 0.118. The molecular formula is C15H14N2O4S. The lowest BCUT2D eigenvalue weighted by Crippen LogP contribution is -2.14. The van der Waals surface area contributed by atoms with Crippen molar-refractivity contribution in [3.8, 4) is 5.75 Å². The monoisotopic (exact) mass is 318 g/mol. The highest BCUT2D eigenvalue weighted by atomic mass is 32.2. The summed E-state index contributed by atoms with van der Waals surface area (Å²) in [5.41, 5.74) is 0.799. The number of pyridine rings is 1. The summed E-state index contributed by atoms with van der Waals surface area (Å²) in [5.74, 6) is -0.290. The smallest absolute Gasteiger partial charge is 0.337 e. The van der Waals surface area contributed by atoms with E-state index >= 15 is 0 Å². The van der Waals surface area contributed by atoms with Gasteiger partial charge in [0, 0.05) is 11.9 Å². The standard InChI is InChI=1S/C15H14N2O4S/c1-21-12-5-3-11(4-6-12)17-13(18)9-22-14-7-2-10(8-16-14)15(19)20/h2-8H,9H2,1H3,(H,17,18)(H,19,20). The number of ether oxygens (including phenoxy) is 1. The third-order valence-electron chi connectivity index (χ3n) is 2.71. The third-order valence-corrected chi connectivity index (χ3v) is 3.65. The summed E-state index contributed by atoms with van der Waals surface area (Å²) in [5, 5.41) is 12.1. The van der Waals surface area contributed by atoms with Crippen molar-refractivity contribution in [3.05, 3.63) is 48.2 Å². The summed E-state index contributed by atoms with van der Waals surface area (Å²) in [4.78, 5) is 26.5. The van der Waals surface area contributed by atoms with Gasteiger partial charge in [0.1, 0.15) is 5.75 Å². The predicted octanol–water partition coefficient (Wildman–Crippen LogP) is 2.52. The van der Waals surface area contributed by atoms with Gasteiger partial charge in [-0.3, -0.25) is 4.79 Å². The van der Waals surface area contributed by atoms with Crippen molar-refractivity contribution in [1.82, 2.24) is 4.98 Å². The highest BCUT2D eigenvalue weighted by molar-refractivity contribution is 7.99. The van der Waals surface area contributed by atoms with E-state index in [1.54, 1.807) is 37.4 Å². The molecule has 6 nitrogen and oxygen atoms in total. The van der Waals surface area contributed by atoms with Gasteiger partial charge in [0.2, 0.25) is 5.91 Å². The molecule has 0 saturated heterocycles. The fraction of sp³-hybridized carbons (Fsp3) is 0.133. The number of carbonyl (C=O) groups is 2. The van der Waals surface area contributed by atoms with Crippen LogP contribution in [0.3, 0.4) is 0 Å². The molecule has 0 unspecified atom stereocenters. The van der Waals surface area contributed by atoms with Crippen LogP contribution in [0.15, 0.2) is 47.6 Å². The molecule has 0 radical (unpaired) electrons. The number of aromatic nitrogens is 1. The molecule has 1 aromatic carbocycles. The number of benzene rings is 1. The molecule has 0 saturated carbocycles. The van der Waals surface area contributed by atoms with Crippen LogP contribution in [-0.4, -0.2) is 34.8 Å². The van der Waals surface area contributed by atoms with Crippen molar-refractivity contribution in [3.63, 3.8) is 0 Å². The van der Waals surface area contributed by atoms with Crippen molar-refractivity contribution in [2.75, 3.05) is 18.2 Å². The lowest BCUT2D eigenvalue weighted by molar-refractivity contribution is -0.113. The Hall–Kier alpha value is -2.54. The predicted molar refractivity (Wildman–Crippen MR) is 83.5 cm³/mol. The molecule has 2 aromatic rings. The molecule has 1 aromatic heterocycles. The molecule has 22 heavy (non-hydrogen) atoms. The van der Waals surface area contributed by atoms with Gasteiger partial charge in [0.25, 0.3) is 0 Å². The Bertz CT molecular complexity index is 656. The van der Waals surface area contributed by atoms with Crippen molar-refractivity contribution >= 4 is 29.3 Å². The largest absolute Gasteiger partial charge is 0.497 e. The molecule has 114 valence electrons. The Morgan fingerprint density at radius 3 is 2.50 bits per heavy atom. The molecule has 1 heterocycles. The summed E-state index contributed by atoms with van der Waals surface area (Å²) in [7, 11) is 1.58. The Kier molecular flexibility index (Phi) is 5.37. The van der Waals surface area contributed by atoms with E-state index in [4.69, 9.17) is 9.84 Å².